The fourth-order valence-corrected chi connectivity index (χ4v) is 8.33. The van der Waals surface area contributed by atoms with Crippen molar-refractivity contribution in [2.24, 2.45) is 40.4 Å². The zero-order valence-electron chi connectivity index (χ0n) is 15.3. The molecule has 0 aromatic heterocycles. The predicted octanol–water partition coefficient (Wildman–Crippen LogP) is 3.58. The molecule has 1 saturated heterocycles. The van der Waals surface area contributed by atoms with E-state index in [4.69, 9.17) is 4.74 Å². The maximum absolute atomic E-state index is 13.7. The van der Waals surface area contributed by atoms with Crippen LogP contribution in [0.2, 0.25) is 0 Å². The lowest BCUT2D eigenvalue weighted by molar-refractivity contribution is -0.176. The van der Waals surface area contributed by atoms with E-state index in [0.717, 1.165) is 19.3 Å². The van der Waals surface area contributed by atoms with Gasteiger partial charge in [0.25, 0.3) is 0 Å². The number of aliphatic hydroxyl groups excluding tert-OH is 1. The van der Waals surface area contributed by atoms with Gasteiger partial charge in [-0.15, -0.1) is 0 Å². The maximum Gasteiger partial charge on any atom is 0.166 e. The molecule has 1 heterocycles. The normalized spacial score (nSPS) is 62.1. The van der Waals surface area contributed by atoms with Crippen molar-refractivity contribution in [2.75, 3.05) is 0 Å². The van der Waals surface area contributed by atoms with E-state index < -0.39 is 0 Å². The molecule has 1 unspecified atom stereocenters. The van der Waals surface area contributed by atoms with Crippen molar-refractivity contribution in [3.8, 4) is 0 Å². The average molecular weight is 332 g/mol. The Balaban J connectivity index is 1.57. The molecule has 1 aliphatic heterocycles. The highest BCUT2D eigenvalue weighted by Crippen LogP contribution is 2.69. The standard InChI is InChI=1S/C21H32O3/c1-11-15-6-7-16-14-5-4-12-10-13(22)8-9-20(12,2)17(14)18(23)19(24-11)21(15,16)3/h11-17,19,22H,4-10H2,1-3H3/t11?,12-,13-,14-,15+,16+,17+,19-,20-,21+/m0/s1. The van der Waals surface area contributed by atoms with E-state index >= 15 is 0 Å². The van der Waals surface area contributed by atoms with Gasteiger partial charge in [0.15, 0.2) is 5.78 Å². The zero-order chi connectivity index (χ0) is 16.9. The Morgan fingerprint density at radius 1 is 1.08 bits per heavy atom. The summed E-state index contributed by atoms with van der Waals surface area (Å²) in [6.07, 6.45) is 7.66. The summed E-state index contributed by atoms with van der Waals surface area (Å²) in [5, 5.41) is 10.1. The number of carbonyl (C=O) groups excluding carboxylic acids is 1. The first-order valence-electron chi connectivity index (χ1n) is 10.2. The Bertz CT molecular complexity index is 573. The minimum atomic E-state index is -0.159. The fraction of sp³-hybridized carbons (Fsp3) is 0.952. The van der Waals surface area contributed by atoms with Gasteiger partial charge in [-0.25, -0.2) is 0 Å². The molecule has 5 fully saturated rings. The van der Waals surface area contributed by atoms with E-state index in [1.807, 2.05) is 0 Å². The lowest BCUT2D eigenvalue weighted by atomic mass is 9.44. The molecule has 1 N–H and O–H groups in total. The van der Waals surface area contributed by atoms with Crippen LogP contribution < -0.4 is 0 Å². The average Bonchev–Trinajstić information content (AvgIpc) is 3.01. The van der Waals surface area contributed by atoms with Crippen LogP contribution in [-0.2, 0) is 9.53 Å². The number of ketones is 1. The van der Waals surface area contributed by atoms with E-state index in [1.165, 1.54) is 25.7 Å². The van der Waals surface area contributed by atoms with Gasteiger partial charge >= 0.3 is 0 Å². The van der Waals surface area contributed by atoms with Crippen molar-refractivity contribution in [2.45, 2.75) is 84.0 Å². The molecule has 3 nitrogen and oxygen atoms in total. The van der Waals surface area contributed by atoms with Crippen LogP contribution in [-0.4, -0.2) is 29.2 Å². The summed E-state index contributed by atoms with van der Waals surface area (Å²) in [7, 11) is 0. The first kappa shape index (κ1) is 15.8. The van der Waals surface area contributed by atoms with E-state index in [2.05, 4.69) is 20.8 Å². The second kappa shape index (κ2) is 4.85. The molecule has 4 saturated carbocycles. The lowest BCUT2D eigenvalue weighted by Gasteiger charge is -2.60. The van der Waals surface area contributed by atoms with Gasteiger partial charge in [-0.2, -0.15) is 0 Å². The number of Topliss-reactive ketones (excluding diaryl/α,β-unsaturated/α-hetero) is 1. The Hall–Kier alpha value is -0.410. The summed E-state index contributed by atoms with van der Waals surface area (Å²) in [4.78, 5) is 13.7. The monoisotopic (exact) mass is 332 g/mol. The van der Waals surface area contributed by atoms with Crippen molar-refractivity contribution in [1.29, 1.82) is 0 Å². The van der Waals surface area contributed by atoms with Crippen molar-refractivity contribution >= 4 is 5.78 Å². The fourth-order valence-electron chi connectivity index (χ4n) is 8.33. The summed E-state index contributed by atoms with van der Waals surface area (Å²) in [6, 6.07) is 0. The lowest BCUT2D eigenvalue weighted by Crippen LogP contribution is -2.62. The molecule has 5 rings (SSSR count). The summed E-state index contributed by atoms with van der Waals surface area (Å²) < 4.78 is 6.31. The molecule has 0 radical (unpaired) electrons. The molecule has 0 bridgehead atoms. The molecule has 0 spiro atoms. The minimum Gasteiger partial charge on any atom is -0.393 e. The third kappa shape index (κ3) is 1.69. The van der Waals surface area contributed by atoms with Crippen LogP contribution in [0.4, 0.5) is 0 Å². The SMILES string of the molecule is CC1O[C@H]2C(=O)[C@H]3[C@@H](CC[C@H]4C[C@@H](O)CC[C@@]43C)[C@H]3CC[C@H]1[C@]32C. The van der Waals surface area contributed by atoms with E-state index in [0.29, 0.717) is 29.5 Å². The molecule has 5 aliphatic rings. The number of ether oxygens (including phenoxy) is 1. The second-order valence-corrected chi connectivity index (χ2v) is 10.1. The van der Waals surface area contributed by atoms with Crippen LogP contribution in [0.15, 0.2) is 0 Å². The van der Waals surface area contributed by atoms with Crippen LogP contribution >= 0.6 is 0 Å². The van der Waals surface area contributed by atoms with Crippen molar-refractivity contribution in [1.82, 2.24) is 0 Å². The minimum absolute atomic E-state index is 0.0911. The molecular formula is C21H32O3. The van der Waals surface area contributed by atoms with Gasteiger partial charge < -0.3 is 9.84 Å². The van der Waals surface area contributed by atoms with Gasteiger partial charge in [0.1, 0.15) is 6.10 Å². The Morgan fingerprint density at radius 2 is 1.83 bits per heavy atom. The highest BCUT2D eigenvalue weighted by Gasteiger charge is 2.70. The van der Waals surface area contributed by atoms with Gasteiger partial charge in [0.2, 0.25) is 0 Å². The summed E-state index contributed by atoms with van der Waals surface area (Å²) in [6.45, 7) is 6.93. The second-order valence-electron chi connectivity index (χ2n) is 10.1. The van der Waals surface area contributed by atoms with E-state index in [-0.39, 0.29) is 35.1 Å². The highest BCUT2D eigenvalue weighted by atomic mass is 16.5. The van der Waals surface area contributed by atoms with Crippen LogP contribution in [0.1, 0.15) is 65.7 Å². The maximum atomic E-state index is 13.7. The van der Waals surface area contributed by atoms with Gasteiger partial charge in [-0.3, -0.25) is 4.79 Å². The summed E-state index contributed by atoms with van der Waals surface area (Å²) in [5.41, 5.74) is 0.183. The molecule has 4 aliphatic carbocycles. The Kier molecular flexibility index (Phi) is 3.20. The van der Waals surface area contributed by atoms with Crippen LogP contribution in [0.25, 0.3) is 0 Å². The molecule has 24 heavy (non-hydrogen) atoms. The van der Waals surface area contributed by atoms with Crippen molar-refractivity contribution in [3.05, 3.63) is 0 Å². The molecule has 10 atom stereocenters. The van der Waals surface area contributed by atoms with Crippen LogP contribution in [0.3, 0.4) is 0 Å². The molecule has 3 heteroatoms. The van der Waals surface area contributed by atoms with E-state index in [1.54, 1.807) is 0 Å². The van der Waals surface area contributed by atoms with Crippen molar-refractivity contribution < 1.29 is 14.6 Å². The van der Waals surface area contributed by atoms with Gasteiger partial charge in [0.05, 0.1) is 12.2 Å². The number of hydrogen-bond donors (Lipinski definition) is 1. The number of rotatable bonds is 0. The molecular weight excluding hydrogens is 300 g/mol. The number of hydrogen-bond acceptors (Lipinski definition) is 3. The molecule has 0 amide bonds. The van der Waals surface area contributed by atoms with Gasteiger partial charge in [-0.1, -0.05) is 13.8 Å². The van der Waals surface area contributed by atoms with Gasteiger partial charge in [-0.05, 0) is 81.0 Å². The Morgan fingerprint density at radius 3 is 2.62 bits per heavy atom. The highest BCUT2D eigenvalue weighted by molar-refractivity contribution is 5.89. The van der Waals surface area contributed by atoms with E-state index in [9.17, 15) is 9.90 Å². The number of aliphatic hydroxyl groups is 1. The largest absolute Gasteiger partial charge is 0.393 e. The van der Waals surface area contributed by atoms with Crippen molar-refractivity contribution in [3.63, 3.8) is 0 Å². The first-order chi connectivity index (χ1) is 11.4. The van der Waals surface area contributed by atoms with Crippen LogP contribution in [0, 0.1) is 40.4 Å². The molecule has 134 valence electrons. The zero-order valence-corrected chi connectivity index (χ0v) is 15.3. The summed E-state index contributed by atoms with van der Waals surface area (Å²) >= 11 is 0. The first-order valence-corrected chi connectivity index (χ1v) is 10.2. The predicted molar refractivity (Wildman–Crippen MR) is 91.3 cm³/mol. The van der Waals surface area contributed by atoms with Gasteiger partial charge in [0, 0.05) is 11.3 Å². The summed E-state index contributed by atoms with van der Waals surface area (Å²) in [5.74, 6) is 2.94. The van der Waals surface area contributed by atoms with Crippen LogP contribution in [0.5, 0.6) is 0 Å². The topological polar surface area (TPSA) is 46.5 Å². The quantitative estimate of drug-likeness (QED) is 0.737. The molecule has 0 aromatic rings. The third-order valence-electron chi connectivity index (χ3n) is 9.44. The third-order valence-corrected chi connectivity index (χ3v) is 9.44. The molecule has 0 aromatic carbocycles. The number of carbonyl (C=O) groups is 1. The Labute approximate surface area is 145 Å². The smallest absolute Gasteiger partial charge is 0.166 e. The number of fused-ring (bicyclic) bond motifs is 4.